The zero-order valence-electron chi connectivity index (χ0n) is 18.5. The molecule has 2 fully saturated rings. The van der Waals surface area contributed by atoms with Gasteiger partial charge in [0, 0.05) is 32.6 Å². The first kappa shape index (κ1) is 22.8. The normalized spacial score (nSPS) is 18.7. The molecule has 0 spiro atoms. The summed E-state index contributed by atoms with van der Waals surface area (Å²) in [4.78, 5) is 17.1. The van der Waals surface area contributed by atoms with Crippen molar-refractivity contribution in [1.29, 1.82) is 0 Å². The zero-order valence-corrected chi connectivity index (χ0v) is 18.5. The Morgan fingerprint density at radius 2 is 1.88 bits per heavy atom. The van der Waals surface area contributed by atoms with Gasteiger partial charge in [-0.05, 0) is 60.5 Å². The van der Waals surface area contributed by atoms with Crippen LogP contribution in [0.2, 0.25) is 0 Å². The van der Waals surface area contributed by atoms with E-state index < -0.39 is 0 Å². The quantitative estimate of drug-likeness (QED) is 0.591. The number of morpholine rings is 1. The van der Waals surface area contributed by atoms with Crippen molar-refractivity contribution in [2.75, 3.05) is 45.9 Å². The summed E-state index contributed by atoms with van der Waals surface area (Å²) >= 11 is 0. The highest BCUT2D eigenvalue weighted by atomic mass is 19.1. The average molecular weight is 446 g/mol. The van der Waals surface area contributed by atoms with E-state index >= 15 is 0 Å². The van der Waals surface area contributed by atoms with Crippen LogP contribution in [0.15, 0.2) is 24.3 Å². The molecule has 0 saturated carbocycles. The molecule has 1 N–H and O–H groups in total. The van der Waals surface area contributed by atoms with Crippen LogP contribution >= 0.6 is 0 Å². The Morgan fingerprint density at radius 3 is 2.62 bits per heavy atom. The number of carbonyl (C=O) groups excluding carboxylic acids is 1. The van der Waals surface area contributed by atoms with Gasteiger partial charge in [-0.15, -0.1) is 5.10 Å². The van der Waals surface area contributed by atoms with Crippen molar-refractivity contribution < 1.29 is 13.9 Å². The molecule has 9 nitrogen and oxygen atoms in total. The number of hydrogen-bond donors (Lipinski definition) is 1. The van der Waals surface area contributed by atoms with Crippen LogP contribution in [0.1, 0.15) is 43.1 Å². The van der Waals surface area contributed by atoms with Crippen molar-refractivity contribution in [2.45, 2.75) is 44.8 Å². The monoisotopic (exact) mass is 445 g/mol. The number of nitrogens with zero attached hydrogens (tertiary/aromatic N) is 6. The van der Waals surface area contributed by atoms with Crippen LogP contribution in [0.3, 0.4) is 0 Å². The largest absolute Gasteiger partial charge is 0.379 e. The maximum Gasteiger partial charge on any atom is 0.220 e. The molecule has 4 rings (SSSR count). The minimum Gasteiger partial charge on any atom is -0.379 e. The van der Waals surface area contributed by atoms with Gasteiger partial charge in [0.05, 0.1) is 25.8 Å². The summed E-state index contributed by atoms with van der Waals surface area (Å²) in [5, 5.41) is 15.1. The van der Waals surface area contributed by atoms with Crippen LogP contribution in [0, 0.1) is 5.82 Å². The van der Waals surface area contributed by atoms with Crippen LogP contribution in [0.5, 0.6) is 0 Å². The first-order valence-corrected chi connectivity index (χ1v) is 11.5. The lowest BCUT2D eigenvalue weighted by molar-refractivity contribution is -0.121. The molecule has 2 aromatic rings. The van der Waals surface area contributed by atoms with E-state index in [4.69, 9.17) is 4.74 Å². The number of aryl methyl sites for hydroxylation is 1. The van der Waals surface area contributed by atoms with Crippen LogP contribution in [-0.4, -0.2) is 81.9 Å². The number of amides is 1. The van der Waals surface area contributed by atoms with E-state index in [9.17, 15) is 9.18 Å². The van der Waals surface area contributed by atoms with E-state index in [-0.39, 0.29) is 17.8 Å². The topological polar surface area (TPSA) is 88.4 Å². The molecule has 0 radical (unpaired) electrons. The first-order valence-electron chi connectivity index (χ1n) is 11.5. The number of likely N-dealkylation sites (tertiary alicyclic amines) is 1. The molecule has 10 heteroatoms. The fourth-order valence-electron chi connectivity index (χ4n) is 4.35. The molecule has 2 saturated heterocycles. The molecule has 0 aliphatic carbocycles. The standard InChI is InChI=1S/C22H32FN7O2/c23-19-7-5-18(6-8-19)20(29-9-1-2-10-29)16-24-22(31)4-3-11-30-21(25-26-27-30)17-28-12-14-32-15-13-28/h5-8,20H,1-4,9-17H2,(H,24,31)/t20-/m0/s1. The molecule has 1 atom stereocenters. The highest BCUT2D eigenvalue weighted by molar-refractivity contribution is 5.75. The minimum absolute atomic E-state index is 0.0131. The molecule has 1 aromatic carbocycles. The van der Waals surface area contributed by atoms with E-state index in [1.54, 1.807) is 4.68 Å². The Bertz CT molecular complexity index is 848. The minimum atomic E-state index is -0.242. The number of ether oxygens (including phenoxy) is 1. The Morgan fingerprint density at radius 1 is 1.12 bits per heavy atom. The van der Waals surface area contributed by atoms with Crippen LogP contribution in [0.25, 0.3) is 0 Å². The summed E-state index contributed by atoms with van der Waals surface area (Å²) in [6.45, 7) is 7.05. The van der Waals surface area contributed by atoms with Gasteiger partial charge >= 0.3 is 0 Å². The second-order valence-corrected chi connectivity index (χ2v) is 8.42. The molecule has 1 aromatic heterocycles. The van der Waals surface area contributed by atoms with Crippen LogP contribution in [-0.2, 0) is 22.6 Å². The smallest absolute Gasteiger partial charge is 0.220 e. The summed E-state index contributed by atoms with van der Waals surface area (Å²) in [5.74, 6) is 0.588. The molecule has 0 unspecified atom stereocenters. The molecular weight excluding hydrogens is 413 g/mol. The van der Waals surface area contributed by atoms with E-state index in [0.29, 0.717) is 32.5 Å². The lowest BCUT2D eigenvalue weighted by Gasteiger charge is -2.28. The second kappa shape index (κ2) is 11.4. The Labute approximate surface area is 187 Å². The van der Waals surface area contributed by atoms with Crippen molar-refractivity contribution in [3.05, 3.63) is 41.5 Å². The number of halogens is 1. The van der Waals surface area contributed by atoms with Gasteiger partial charge in [-0.3, -0.25) is 14.6 Å². The Kier molecular flexibility index (Phi) is 8.13. The Balaban J connectivity index is 1.24. The third-order valence-electron chi connectivity index (χ3n) is 6.18. The molecule has 3 heterocycles. The SMILES string of the molecule is O=C(CCCn1nnnc1CN1CCOCC1)NC[C@@H](c1ccc(F)cc1)N1CCCC1. The van der Waals surface area contributed by atoms with Gasteiger partial charge in [0.15, 0.2) is 5.82 Å². The molecule has 2 aliphatic rings. The Hall–Kier alpha value is -2.43. The van der Waals surface area contributed by atoms with Crippen molar-refractivity contribution in [3.8, 4) is 0 Å². The number of tetrazole rings is 1. The van der Waals surface area contributed by atoms with Gasteiger partial charge in [-0.1, -0.05) is 12.1 Å². The fraction of sp³-hybridized carbons (Fsp3) is 0.636. The summed E-state index contributed by atoms with van der Waals surface area (Å²) < 4.78 is 20.5. The number of benzene rings is 1. The van der Waals surface area contributed by atoms with Gasteiger partial charge in [0.25, 0.3) is 0 Å². The molecule has 0 bridgehead atoms. The highest BCUT2D eigenvalue weighted by Crippen LogP contribution is 2.24. The van der Waals surface area contributed by atoms with Crippen molar-refractivity contribution in [3.63, 3.8) is 0 Å². The number of nitrogens with one attached hydrogen (secondary N) is 1. The molecule has 174 valence electrons. The van der Waals surface area contributed by atoms with Gasteiger partial charge in [-0.25, -0.2) is 9.07 Å². The van der Waals surface area contributed by atoms with Gasteiger partial charge in [-0.2, -0.15) is 0 Å². The summed E-state index contributed by atoms with van der Waals surface area (Å²) in [6, 6.07) is 6.68. The molecule has 32 heavy (non-hydrogen) atoms. The number of aromatic nitrogens is 4. The predicted octanol–water partition coefficient (Wildman–Crippen LogP) is 1.38. The zero-order chi connectivity index (χ0) is 22.2. The van der Waals surface area contributed by atoms with Crippen molar-refractivity contribution >= 4 is 5.91 Å². The third kappa shape index (κ3) is 6.30. The molecular formula is C22H32FN7O2. The number of carbonyl (C=O) groups is 1. The van der Waals surface area contributed by atoms with E-state index in [0.717, 1.165) is 63.6 Å². The van der Waals surface area contributed by atoms with Gasteiger partial charge in [0.1, 0.15) is 5.82 Å². The fourth-order valence-corrected chi connectivity index (χ4v) is 4.35. The molecule has 2 aliphatic heterocycles. The van der Waals surface area contributed by atoms with Crippen molar-refractivity contribution in [2.24, 2.45) is 0 Å². The second-order valence-electron chi connectivity index (χ2n) is 8.42. The highest BCUT2D eigenvalue weighted by Gasteiger charge is 2.24. The third-order valence-corrected chi connectivity index (χ3v) is 6.18. The molecule has 1 amide bonds. The van der Waals surface area contributed by atoms with Crippen molar-refractivity contribution in [1.82, 2.24) is 35.3 Å². The average Bonchev–Trinajstić information content (AvgIpc) is 3.49. The maximum absolute atomic E-state index is 13.3. The van der Waals surface area contributed by atoms with Gasteiger partial charge in [0.2, 0.25) is 5.91 Å². The van der Waals surface area contributed by atoms with E-state index in [1.807, 2.05) is 12.1 Å². The first-order chi connectivity index (χ1) is 15.7. The number of hydrogen-bond acceptors (Lipinski definition) is 7. The van der Waals surface area contributed by atoms with Crippen LogP contribution in [0.4, 0.5) is 4.39 Å². The lowest BCUT2D eigenvalue weighted by atomic mass is 10.1. The summed E-state index contributed by atoms with van der Waals surface area (Å²) in [6.07, 6.45) is 3.39. The van der Waals surface area contributed by atoms with Gasteiger partial charge < -0.3 is 10.1 Å². The predicted molar refractivity (Wildman–Crippen MR) is 116 cm³/mol. The van der Waals surface area contributed by atoms with E-state index in [2.05, 4.69) is 30.6 Å². The lowest BCUT2D eigenvalue weighted by Crippen LogP contribution is -2.37. The summed E-state index contributed by atoms with van der Waals surface area (Å²) in [7, 11) is 0. The maximum atomic E-state index is 13.3. The van der Waals surface area contributed by atoms with Crippen LogP contribution < -0.4 is 5.32 Å². The van der Waals surface area contributed by atoms with E-state index in [1.165, 1.54) is 12.1 Å². The number of rotatable bonds is 10. The summed E-state index contributed by atoms with van der Waals surface area (Å²) in [5.41, 5.74) is 1.04.